The van der Waals surface area contributed by atoms with E-state index < -0.39 is 0 Å². The fraction of sp³-hybridized carbons (Fsp3) is 0.615. The van der Waals surface area contributed by atoms with Gasteiger partial charge in [-0.2, -0.15) is 0 Å². The summed E-state index contributed by atoms with van der Waals surface area (Å²) in [4.78, 5) is 4.48. The van der Waals surface area contributed by atoms with Crippen LogP contribution in [0.3, 0.4) is 0 Å². The van der Waals surface area contributed by atoms with Crippen LogP contribution in [-0.2, 0) is 0 Å². The summed E-state index contributed by atoms with van der Waals surface area (Å²) in [6.45, 7) is 2.04. The van der Waals surface area contributed by atoms with Gasteiger partial charge in [-0.1, -0.05) is 19.3 Å². The van der Waals surface area contributed by atoms with Gasteiger partial charge in [0.05, 0.1) is 0 Å². The summed E-state index contributed by atoms with van der Waals surface area (Å²) in [5.74, 6) is 1.36. The Hall–Kier alpha value is -0.340. The number of rotatable bonds is 3. The lowest BCUT2D eigenvalue weighted by Crippen LogP contribution is -2.10. The van der Waals surface area contributed by atoms with Gasteiger partial charge in [0.2, 0.25) is 0 Å². The maximum absolute atomic E-state index is 6.07. The Balaban J connectivity index is 2.11. The monoisotopic (exact) mass is 255 g/mol. The van der Waals surface area contributed by atoms with Crippen molar-refractivity contribution in [3.8, 4) is 0 Å². The molecule has 88 valence electrons. The van der Waals surface area contributed by atoms with Crippen LogP contribution in [0.4, 0.5) is 0 Å². The van der Waals surface area contributed by atoms with E-state index in [-0.39, 0.29) is 0 Å². The summed E-state index contributed by atoms with van der Waals surface area (Å²) in [6.07, 6.45) is 8.93. The quantitative estimate of drug-likeness (QED) is 0.717. The Kier molecular flexibility index (Phi) is 4.42. The first kappa shape index (κ1) is 12.1. The topological polar surface area (TPSA) is 12.9 Å². The molecule has 0 aromatic carbocycles. The zero-order valence-electron chi connectivity index (χ0n) is 9.71. The smallest absolute Gasteiger partial charge is 0.116 e. The zero-order valence-corrected chi connectivity index (χ0v) is 11.3. The molecular formula is C13H18ClNS. The molecule has 2 rings (SSSR count). The van der Waals surface area contributed by atoms with Gasteiger partial charge in [-0.05, 0) is 37.3 Å². The Morgan fingerprint density at radius 1 is 1.50 bits per heavy atom. The molecule has 1 nitrogen and oxygen atoms in total. The van der Waals surface area contributed by atoms with E-state index in [2.05, 4.69) is 16.4 Å². The molecular weight excluding hydrogens is 238 g/mol. The molecule has 0 saturated heterocycles. The third-order valence-electron chi connectivity index (χ3n) is 3.23. The number of hydrogen-bond donors (Lipinski definition) is 0. The van der Waals surface area contributed by atoms with E-state index in [1.165, 1.54) is 37.7 Å². The molecule has 1 aliphatic rings. The fourth-order valence-corrected chi connectivity index (χ4v) is 3.39. The van der Waals surface area contributed by atoms with Crippen LogP contribution < -0.4 is 0 Å². The molecule has 1 saturated carbocycles. The number of nitrogens with zero attached hydrogens (tertiary/aromatic N) is 1. The van der Waals surface area contributed by atoms with Crippen molar-refractivity contribution in [2.24, 2.45) is 5.92 Å². The van der Waals surface area contributed by atoms with Crippen LogP contribution in [-0.4, -0.2) is 10.9 Å². The predicted octanol–water partition coefficient (Wildman–Crippen LogP) is 4.65. The normalized spacial score (nSPS) is 19.0. The Morgan fingerprint density at radius 3 is 2.81 bits per heavy atom. The van der Waals surface area contributed by atoms with Crippen molar-refractivity contribution in [2.45, 2.75) is 39.0 Å². The second-order valence-corrected chi connectivity index (χ2v) is 5.67. The summed E-state index contributed by atoms with van der Waals surface area (Å²) < 4.78 is 0. The molecule has 1 aromatic heterocycles. The molecule has 1 aromatic rings. The van der Waals surface area contributed by atoms with E-state index in [1.54, 1.807) is 11.3 Å². The van der Waals surface area contributed by atoms with Gasteiger partial charge in [-0.3, -0.25) is 0 Å². The maximum Gasteiger partial charge on any atom is 0.116 e. The van der Waals surface area contributed by atoms with Crippen molar-refractivity contribution < 1.29 is 0 Å². The summed E-state index contributed by atoms with van der Waals surface area (Å²) >= 11 is 7.78. The molecule has 1 aliphatic carbocycles. The Morgan fingerprint density at radius 2 is 2.25 bits per heavy atom. The van der Waals surface area contributed by atoms with Gasteiger partial charge < -0.3 is 0 Å². The van der Waals surface area contributed by atoms with Crippen molar-refractivity contribution in [3.63, 3.8) is 0 Å². The summed E-state index contributed by atoms with van der Waals surface area (Å²) in [7, 11) is 0. The zero-order chi connectivity index (χ0) is 11.4. The highest BCUT2D eigenvalue weighted by Gasteiger charge is 2.17. The second kappa shape index (κ2) is 5.83. The van der Waals surface area contributed by atoms with Crippen LogP contribution in [0.15, 0.2) is 11.0 Å². The third kappa shape index (κ3) is 3.08. The SMILES string of the molecule is Cc1csc(/C=C(/CCl)C2CCCCC2)n1. The highest BCUT2D eigenvalue weighted by molar-refractivity contribution is 7.10. The van der Waals surface area contributed by atoms with Crippen LogP contribution in [0.2, 0.25) is 0 Å². The molecule has 0 bridgehead atoms. The predicted molar refractivity (Wildman–Crippen MR) is 72.1 cm³/mol. The summed E-state index contributed by atoms with van der Waals surface area (Å²) in [5, 5.41) is 3.21. The number of thiazole rings is 1. The van der Waals surface area contributed by atoms with E-state index in [9.17, 15) is 0 Å². The van der Waals surface area contributed by atoms with Crippen LogP contribution >= 0.6 is 22.9 Å². The first-order valence-corrected chi connectivity index (χ1v) is 7.39. The molecule has 0 N–H and O–H groups in total. The molecule has 0 spiro atoms. The number of allylic oxidation sites excluding steroid dienone is 1. The minimum absolute atomic E-state index is 0.656. The highest BCUT2D eigenvalue weighted by Crippen LogP contribution is 2.31. The number of hydrogen-bond acceptors (Lipinski definition) is 2. The van der Waals surface area contributed by atoms with E-state index >= 15 is 0 Å². The molecule has 1 fully saturated rings. The van der Waals surface area contributed by atoms with E-state index in [0.29, 0.717) is 11.8 Å². The van der Waals surface area contributed by atoms with E-state index in [1.807, 2.05) is 6.92 Å². The number of aryl methyl sites for hydroxylation is 1. The van der Waals surface area contributed by atoms with Gasteiger partial charge in [0.15, 0.2) is 0 Å². The molecule has 0 unspecified atom stereocenters. The standard InChI is InChI=1S/C13H18ClNS/c1-10-9-16-13(15-10)7-12(8-14)11-5-3-2-4-6-11/h7,9,11H,2-6,8H2,1H3/b12-7-. The van der Waals surface area contributed by atoms with E-state index in [4.69, 9.17) is 11.6 Å². The summed E-state index contributed by atoms with van der Waals surface area (Å²) in [6, 6.07) is 0. The first-order valence-electron chi connectivity index (χ1n) is 5.98. The maximum atomic E-state index is 6.07. The number of alkyl halides is 1. The van der Waals surface area contributed by atoms with E-state index in [0.717, 1.165) is 10.7 Å². The lowest BCUT2D eigenvalue weighted by atomic mass is 9.84. The lowest BCUT2D eigenvalue weighted by Gasteiger charge is -2.23. The van der Waals surface area contributed by atoms with Gasteiger partial charge >= 0.3 is 0 Å². The number of aromatic nitrogens is 1. The Bertz CT molecular complexity index is 364. The van der Waals surface area contributed by atoms with Gasteiger partial charge in [0.1, 0.15) is 5.01 Å². The molecule has 0 atom stereocenters. The average Bonchev–Trinajstić information content (AvgIpc) is 2.73. The van der Waals surface area contributed by atoms with Crippen molar-refractivity contribution >= 4 is 29.0 Å². The third-order valence-corrected chi connectivity index (χ3v) is 4.45. The van der Waals surface area contributed by atoms with Gasteiger partial charge in [-0.15, -0.1) is 22.9 Å². The van der Waals surface area contributed by atoms with Crippen molar-refractivity contribution in [3.05, 3.63) is 21.7 Å². The minimum Gasteiger partial charge on any atom is -0.242 e. The van der Waals surface area contributed by atoms with Gasteiger partial charge in [0, 0.05) is 17.0 Å². The second-order valence-electron chi connectivity index (χ2n) is 4.51. The van der Waals surface area contributed by atoms with Crippen LogP contribution in [0, 0.1) is 12.8 Å². The van der Waals surface area contributed by atoms with Gasteiger partial charge in [-0.25, -0.2) is 4.98 Å². The molecule has 0 aliphatic heterocycles. The Labute approximate surface area is 107 Å². The highest BCUT2D eigenvalue weighted by atomic mass is 35.5. The average molecular weight is 256 g/mol. The lowest BCUT2D eigenvalue weighted by molar-refractivity contribution is 0.405. The summed E-state index contributed by atoms with van der Waals surface area (Å²) in [5.41, 5.74) is 2.49. The molecule has 16 heavy (non-hydrogen) atoms. The molecule has 1 heterocycles. The minimum atomic E-state index is 0.656. The van der Waals surface area contributed by atoms with Gasteiger partial charge in [0.25, 0.3) is 0 Å². The molecule has 0 radical (unpaired) electrons. The van der Waals surface area contributed by atoms with Crippen molar-refractivity contribution in [2.75, 3.05) is 5.88 Å². The number of halogens is 1. The van der Waals surface area contributed by atoms with Crippen molar-refractivity contribution in [1.29, 1.82) is 0 Å². The fourth-order valence-electron chi connectivity index (χ4n) is 2.34. The first-order chi connectivity index (χ1) is 7.79. The van der Waals surface area contributed by atoms with Crippen LogP contribution in [0.5, 0.6) is 0 Å². The van der Waals surface area contributed by atoms with Crippen molar-refractivity contribution in [1.82, 2.24) is 4.98 Å². The van der Waals surface area contributed by atoms with Crippen LogP contribution in [0.1, 0.15) is 42.8 Å². The van der Waals surface area contributed by atoms with Crippen LogP contribution in [0.25, 0.3) is 6.08 Å². The molecule has 0 amide bonds. The molecule has 3 heteroatoms. The largest absolute Gasteiger partial charge is 0.242 e.